The molecule has 8 heteroatoms. The van der Waals surface area contributed by atoms with E-state index < -0.39 is 5.97 Å². The predicted molar refractivity (Wildman–Crippen MR) is 121 cm³/mol. The maximum atomic E-state index is 12.7. The zero-order valence-corrected chi connectivity index (χ0v) is 19.5. The third-order valence-electron chi connectivity index (χ3n) is 4.39. The largest absolute Gasteiger partial charge is 0.490 e. The molecule has 0 saturated heterocycles. The van der Waals surface area contributed by atoms with Crippen molar-refractivity contribution >= 4 is 5.97 Å². The van der Waals surface area contributed by atoms with Crippen LogP contribution in [0.25, 0.3) is 0 Å². The van der Waals surface area contributed by atoms with Crippen molar-refractivity contribution in [3.63, 3.8) is 0 Å². The summed E-state index contributed by atoms with van der Waals surface area (Å²) in [7, 11) is 0. The summed E-state index contributed by atoms with van der Waals surface area (Å²) in [5.74, 6) is 1.42. The van der Waals surface area contributed by atoms with E-state index in [9.17, 15) is 9.59 Å². The van der Waals surface area contributed by atoms with E-state index >= 15 is 0 Å². The lowest BCUT2D eigenvalue weighted by Crippen LogP contribution is -2.13. The number of carbonyl (C=O) groups is 1. The average molecular weight is 448 g/mol. The fourth-order valence-corrected chi connectivity index (χ4v) is 2.83. The van der Waals surface area contributed by atoms with E-state index in [4.69, 9.17) is 23.7 Å². The van der Waals surface area contributed by atoms with Crippen LogP contribution in [0.4, 0.5) is 0 Å². The highest BCUT2D eigenvalue weighted by atomic mass is 16.5. The van der Waals surface area contributed by atoms with Crippen LogP contribution in [0.2, 0.25) is 0 Å². The molecule has 0 atom stereocenters. The van der Waals surface area contributed by atoms with Gasteiger partial charge in [-0.3, -0.25) is 4.79 Å². The van der Waals surface area contributed by atoms with Gasteiger partial charge in [-0.2, -0.15) is 0 Å². The van der Waals surface area contributed by atoms with E-state index in [2.05, 4.69) is 18.8 Å². The molecule has 32 heavy (non-hydrogen) atoms. The molecule has 2 rings (SSSR count). The Bertz CT molecular complexity index is 909. The van der Waals surface area contributed by atoms with Gasteiger partial charge in [-0.15, -0.1) is 0 Å². The molecule has 1 heterocycles. The lowest BCUT2D eigenvalue weighted by Gasteiger charge is -2.17. The second kappa shape index (κ2) is 12.6. The highest BCUT2D eigenvalue weighted by Gasteiger charge is 2.19. The Labute approximate surface area is 188 Å². The second-order valence-electron chi connectivity index (χ2n) is 7.39. The predicted octanol–water partition coefficient (Wildman–Crippen LogP) is 4.35. The Kier molecular flexibility index (Phi) is 9.91. The van der Waals surface area contributed by atoms with Gasteiger partial charge in [-0.25, -0.2) is 4.79 Å². The summed E-state index contributed by atoms with van der Waals surface area (Å²) < 4.78 is 27.8. The van der Waals surface area contributed by atoms with Gasteiger partial charge in [-0.05, 0) is 45.2 Å². The summed E-state index contributed by atoms with van der Waals surface area (Å²) in [6, 6.07) is 4.49. The van der Waals surface area contributed by atoms with E-state index in [0.29, 0.717) is 55.3 Å². The van der Waals surface area contributed by atoms with E-state index in [1.165, 1.54) is 12.3 Å². The maximum Gasteiger partial charge on any atom is 0.338 e. The summed E-state index contributed by atoms with van der Waals surface area (Å²) in [5.41, 5.74) is 0.453. The number of aromatic amines is 1. The highest BCUT2D eigenvalue weighted by molar-refractivity contribution is 5.91. The van der Waals surface area contributed by atoms with Gasteiger partial charge in [-0.1, -0.05) is 13.8 Å². The highest BCUT2D eigenvalue weighted by Crippen LogP contribution is 2.39. The average Bonchev–Trinajstić information content (AvgIpc) is 2.75. The zero-order chi connectivity index (χ0) is 23.5. The van der Waals surface area contributed by atoms with Gasteiger partial charge >= 0.3 is 5.97 Å². The first kappa shape index (κ1) is 25.1. The molecule has 0 unspecified atom stereocenters. The van der Waals surface area contributed by atoms with Gasteiger partial charge in [0, 0.05) is 12.3 Å². The van der Waals surface area contributed by atoms with Crippen molar-refractivity contribution in [2.75, 3.05) is 26.4 Å². The number of esters is 1. The Morgan fingerprint density at radius 2 is 1.53 bits per heavy atom. The molecule has 0 bridgehead atoms. The number of hydrogen-bond donors (Lipinski definition) is 1. The normalized spacial score (nSPS) is 10.7. The van der Waals surface area contributed by atoms with Crippen LogP contribution in [-0.4, -0.2) is 37.4 Å². The standard InChI is InChI=1S/C24H33NO7/c1-6-28-20-11-17(12-21(29-7-2)23(20)30-8-3)24(27)32-15-18-13-19(26)22(14-25-18)31-10-9-16(4)5/h11-14,16H,6-10,15H2,1-5H3,(H,25,26). The van der Waals surface area contributed by atoms with E-state index in [1.54, 1.807) is 12.1 Å². The molecule has 0 aliphatic heterocycles. The fraction of sp³-hybridized carbons (Fsp3) is 0.500. The van der Waals surface area contributed by atoms with Crippen LogP contribution in [0.5, 0.6) is 23.0 Å². The van der Waals surface area contributed by atoms with Crippen LogP contribution in [0.3, 0.4) is 0 Å². The first-order valence-electron chi connectivity index (χ1n) is 11.0. The SMILES string of the molecule is CCOc1cc(C(=O)OCc2cc(=O)c(OCCC(C)C)c[nH]2)cc(OCC)c1OCC. The van der Waals surface area contributed by atoms with E-state index in [0.717, 1.165) is 6.42 Å². The first-order chi connectivity index (χ1) is 15.4. The molecule has 0 aliphatic carbocycles. The minimum Gasteiger partial charge on any atom is -0.490 e. The van der Waals surface area contributed by atoms with Crippen molar-refractivity contribution in [1.29, 1.82) is 0 Å². The van der Waals surface area contributed by atoms with Gasteiger partial charge in [0.15, 0.2) is 17.2 Å². The Balaban J connectivity index is 2.11. The van der Waals surface area contributed by atoms with Gasteiger partial charge in [0.25, 0.3) is 0 Å². The summed E-state index contributed by atoms with van der Waals surface area (Å²) in [6.07, 6.45) is 2.34. The van der Waals surface area contributed by atoms with Gasteiger partial charge in [0.2, 0.25) is 11.2 Å². The molecule has 0 radical (unpaired) electrons. The molecule has 8 nitrogen and oxygen atoms in total. The monoisotopic (exact) mass is 447 g/mol. The molecule has 0 spiro atoms. The fourth-order valence-electron chi connectivity index (χ4n) is 2.83. The van der Waals surface area contributed by atoms with Crippen molar-refractivity contribution in [3.05, 3.63) is 45.9 Å². The second-order valence-corrected chi connectivity index (χ2v) is 7.39. The van der Waals surface area contributed by atoms with Crippen LogP contribution >= 0.6 is 0 Å². The number of nitrogens with one attached hydrogen (secondary N) is 1. The third kappa shape index (κ3) is 7.21. The molecule has 1 aromatic carbocycles. The number of H-pyrrole nitrogens is 1. The zero-order valence-electron chi connectivity index (χ0n) is 19.5. The Morgan fingerprint density at radius 1 is 0.906 bits per heavy atom. The van der Waals surface area contributed by atoms with Gasteiger partial charge in [0.05, 0.1) is 37.7 Å². The summed E-state index contributed by atoms with van der Waals surface area (Å²) in [6.45, 7) is 11.3. The minimum atomic E-state index is -0.576. The third-order valence-corrected chi connectivity index (χ3v) is 4.39. The topological polar surface area (TPSA) is 96.1 Å². The number of benzene rings is 1. The van der Waals surface area contributed by atoms with Crippen LogP contribution in [0, 0.1) is 5.92 Å². The van der Waals surface area contributed by atoms with Crippen LogP contribution in [-0.2, 0) is 11.3 Å². The number of ether oxygens (including phenoxy) is 5. The molecule has 1 N–H and O–H groups in total. The van der Waals surface area contributed by atoms with E-state index in [1.807, 2.05) is 20.8 Å². The molecule has 2 aromatic rings. The molecular formula is C24H33NO7. The number of aromatic nitrogens is 1. The van der Waals surface area contributed by atoms with Gasteiger partial charge in [0.1, 0.15) is 6.61 Å². The number of carbonyl (C=O) groups excluding carboxylic acids is 1. The smallest absolute Gasteiger partial charge is 0.338 e. The lowest BCUT2D eigenvalue weighted by atomic mass is 10.1. The summed E-state index contributed by atoms with van der Waals surface area (Å²) in [4.78, 5) is 27.8. The first-order valence-corrected chi connectivity index (χ1v) is 11.0. The van der Waals surface area contributed by atoms with Crippen molar-refractivity contribution in [2.45, 2.75) is 47.6 Å². The summed E-state index contributed by atoms with van der Waals surface area (Å²) >= 11 is 0. The molecule has 0 aliphatic rings. The van der Waals surface area contributed by atoms with Crippen molar-refractivity contribution in [3.8, 4) is 23.0 Å². The Hall–Kier alpha value is -3.16. The lowest BCUT2D eigenvalue weighted by molar-refractivity contribution is 0.0466. The number of rotatable bonds is 13. The van der Waals surface area contributed by atoms with Crippen LogP contribution in [0.15, 0.2) is 29.2 Å². The van der Waals surface area contributed by atoms with E-state index in [-0.39, 0.29) is 23.3 Å². The molecule has 1 aromatic heterocycles. The van der Waals surface area contributed by atoms with Crippen molar-refractivity contribution < 1.29 is 28.5 Å². The van der Waals surface area contributed by atoms with Gasteiger partial charge < -0.3 is 28.7 Å². The quantitative estimate of drug-likeness (QED) is 0.456. The molecular weight excluding hydrogens is 414 g/mol. The molecule has 176 valence electrons. The minimum absolute atomic E-state index is 0.0957. The molecule has 0 fully saturated rings. The van der Waals surface area contributed by atoms with Crippen LogP contribution < -0.4 is 24.4 Å². The summed E-state index contributed by atoms with van der Waals surface area (Å²) in [5, 5.41) is 0. The van der Waals surface area contributed by atoms with Crippen molar-refractivity contribution in [2.24, 2.45) is 5.92 Å². The molecule has 0 amide bonds. The molecule has 0 saturated carbocycles. The Morgan fingerprint density at radius 3 is 2.06 bits per heavy atom. The number of pyridine rings is 1. The number of hydrogen-bond acceptors (Lipinski definition) is 7. The van der Waals surface area contributed by atoms with Crippen molar-refractivity contribution in [1.82, 2.24) is 4.98 Å². The van der Waals surface area contributed by atoms with Crippen LogP contribution in [0.1, 0.15) is 57.1 Å². The maximum absolute atomic E-state index is 12.7.